The van der Waals surface area contributed by atoms with Crippen molar-refractivity contribution in [3.63, 3.8) is 0 Å². The monoisotopic (exact) mass is 411 g/mol. The lowest BCUT2D eigenvalue weighted by atomic mass is 10.2. The second-order valence-corrected chi connectivity index (χ2v) is 7.32. The van der Waals surface area contributed by atoms with Gasteiger partial charge in [-0.05, 0) is 24.5 Å². The maximum atomic E-state index is 13.6. The number of halogens is 2. The fraction of sp³-hybridized carbons (Fsp3) is 0.550. The second kappa shape index (κ2) is 10.7. The number of hydrogen-bond acceptors (Lipinski definition) is 4. The zero-order valence-electron chi connectivity index (χ0n) is 16.7. The zero-order valence-corrected chi connectivity index (χ0v) is 16.7. The lowest BCUT2D eigenvalue weighted by Crippen LogP contribution is -2.39. The maximum Gasteiger partial charge on any atom is 0.409 e. The standard InChI is InChI=1S/C20H27F2N3O4/c1-14(2)13-29-20(28)25-9-3-8-24(10-11-25)18(26)6-7-23-19(27)16-5-4-15(21)12-17(16)22/h4-5,12,14H,3,6-11,13H2,1-2H3,(H,23,27). The van der Waals surface area contributed by atoms with Crippen molar-refractivity contribution in [2.24, 2.45) is 5.92 Å². The second-order valence-electron chi connectivity index (χ2n) is 7.32. The topological polar surface area (TPSA) is 79.0 Å². The van der Waals surface area contributed by atoms with Crippen molar-refractivity contribution in [3.05, 3.63) is 35.4 Å². The minimum absolute atomic E-state index is 0.0329. The normalized spacial score (nSPS) is 14.5. The molecule has 0 aliphatic carbocycles. The van der Waals surface area contributed by atoms with E-state index in [4.69, 9.17) is 4.74 Å². The molecule has 0 atom stereocenters. The van der Waals surface area contributed by atoms with Gasteiger partial charge in [0.1, 0.15) is 11.6 Å². The highest BCUT2D eigenvalue weighted by Gasteiger charge is 2.23. The van der Waals surface area contributed by atoms with E-state index in [1.54, 1.807) is 9.80 Å². The number of rotatable bonds is 6. The van der Waals surface area contributed by atoms with E-state index in [1.165, 1.54) is 0 Å². The molecular formula is C20H27F2N3O4. The highest BCUT2D eigenvalue weighted by Crippen LogP contribution is 2.10. The molecule has 1 N–H and O–H groups in total. The molecule has 1 fully saturated rings. The van der Waals surface area contributed by atoms with Crippen molar-refractivity contribution in [2.45, 2.75) is 26.7 Å². The van der Waals surface area contributed by atoms with E-state index >= 15 is 0 Å². The lowest BCUT2D eigenvalue weighted by molar-refractivity contribution is -0.130. The largest absolute Gasteiger partial charge is 0.449 e. The Bertz CT molecular complexity index is 742. The van der Waals surface area contributed by atoms with Gasteiger partial charge in [-0.3, -0.25) is 9.59 Å². The van der Waals surface area contributed by atoms with Gasteiger partial charge < -0.3 is 19.9 Å². The maximum absolute atomic E-state index is 13.6. The molecule has 160 valence electrons. The summed E-state index contributed by atoms with van der Waals surface area (Å²) in [5.74, 6) is -2.33. The van der Waals surface area contributed by atoms with Gasteiger partial charge in [-0.25, -0.2) is 13.6 Å². The van der Waals surface area contributed by atoms with Crippen LogP contribution in [0.2, 0.25) is 0 Å². The Labute approximate surface area is 169 Å². The molecule has 7 nitrogen and oxygen atoms in total. The van der Waals surface area contributed by atoms with Crippen LogP contribution in [0.1, 0.15) is 37.0 Å². The van der Waals surface area contributed by atoms with E-state index < -0.39 is 17.5 Å². The van der Waals surface area contributed by atoms with Crippen LogP contribution in [-0.4, -0.2) is 67.0 Å². The zero-order chi connectivity index (χ0) is 21.4. The minimum Gasteiger partial charge on any atom is -0.449 e. The van der Waals surface area contributed by atoms with E-state index in [2.05, 4.69) is 5.32 Å². The lowest BCUT2D eigenvalue weighted by Gasteiger charge is -2.22. The van der Waals surface area contributed by atoms with Crippen LogP contribution in [0.3, 0.4) is 0 Å². The molecule has 0 spiro atoms. The van der Waals surface area contributed by atoms with Gasteiger partial charge in [0.25, 0.3) is 5.91 Å². The van der Waals surface area contributed by atoms with Gasteiger partial charge in [-0.1, -0.05) is 13.8 Å². The fourth-order valence-electron chi connectivity index (χ4n) is 2.89. The number of nitrogens with one attached hydrogen (secondary N) is 1. The molecule has 1 aliphatic heterocycles. The van der Waals surface area contributed by atoms with Crippen molar-refractivity contribution < 1.29 is 27.9 Å². The molecule has 0 aromatic heterocycles. The van der Waals surface area contributed by atoms with E-state index in [9.17, 15) is 23.2 Å². The van der Waals surface area contributed by atoms with Crippen LogP contribution in [0.5, 0.6) is 0 Å². The molecule has 1 aromatic carbocycles. The first kappa shape index (κ1) is 22.6. The van der Waals surface area contributed by atoms with Gasteiger partial charge in [0.15, 0.2) is 0 Å². The smallest absolute Gasteiger partial charge is 0.409 e. The van der Waals surface area contributed by atoms with Crippen LogP contribution >= 0.6 is 0 Å². The summed E-state index contributed by atoms with van der Waals surface area (Å²) in [5.41, 5.74) is -0.274. The summed E-state index contributed by atoms with van der Waals surface area (Å²) in [6.07, 6.45) is 0.309. The van der Waals surface area contributed by atoms with E-state index in [0.717, 1.165) is 12.1 Å². The fourth-order valence-corrected chi connectivity index (χ4v) is 2.89. The van der Waals surface area contributed by atoms with E-state index in [0.29, 0.717) is 45.3 Å². The highest BCUT2D eigenvalue weighted by atomic mass is 19.1. The molecule has 0 radical (unpaired) electrons. The third-order valence-electron chi connectivity index (χ3n) is 4.45. The summed E-state index contributed by atoms with van der Waals surface area (Å²) >= 11 is 0. The third-order valence-corrected chi connectivity index (χ3v) is 4.45. The molecular weight excluding hydrogens is 384 g/mol. The quantitative estimate of drug-likeness (QED) is 0.780. The van der Waals surface area contributed by atoms with Gasteiger partial charge in [0, 0.05) is 45.2 Å². The van der Waals surface area contributed by atoms with Crippen LogP contribution < -0.4 is 5.32 Å². The molecule has 0 unspecified atom stereocenters. The van der Waals surface area contributed by atoms with Crippen molar-refractivity contribution >= 4 is 17.9 Å². The summed E-state index contributed by atoms with van der Waals surface area (Å²) in [6, 6.07) is 2.69. The molecule has 1 saturated heterocycles. The van der Waals surface area contributed by atoms with Crippen molar-refractivity contribution in [3.8, 4) is 0 Å². The molecule has 1 aromatic rings. The number of carbonyl (C=O) groups is 3. The Morgan fingerprint density at radius 1 is 1.10 bits per heavy atom. The number of ether oxygens (including phenoxy) is 1. The van der Waals surface area contributed by atoms with Gasteiger partial charge in [0.05, 0.1) is 12.2 Å². The Morgan fingerprint density at radius 3 is 2.48 bits per heavy atom. The predicted octanol–water partition coefficient (Wildman–Crippen LogP) is 2.41. The Hall–Kier alpha value is -2.71. The summed E-state index contributed by atoms with van der Waals surface area (Å²) in [6.45, 7) is 6.09. The minimum atomic E-state index is -0.953. The van der Waals surface area contributed by atoms with Crippen molar-refractivity contribution in [1.29, 1.82) is 0 Å². The summed E-state index contributed by atoms with van der Waals surface area (Å²) < 4.78 is 31.7. The number of hydrogen-bond donors (Lipinski definition) is 1. The van der Waals surface area contributed by atoms with Crippen LogP contribution in [0, 0.1) is 17.6 Å². The summed E-state index contributed by atoms with van der Waals surface area (Å²) in [5, 5.41) is 2.47. The van der Waals surface area contributed by atoms with Gasteiger partial charge in [-0.2, -0.15) is 0 Å². The number of carbonyl (C=O) groups excluding carboxylic acids is 3. The SMILES string of the molecule is CC(C)COC(=O)N1CCCN(C(=O)CCNC(=O)c2ccc(F)cc2F)CC1. The molecule has 29 heavy (non-hydrogen) atoms. The Morgan fingerprint density at radius 2 is 1.79 bits per heavy atom. The first-order chi connectivity index (χ1) is 13.8. The average molecular weight is 411 g/mol. The molecule has 1 aliphatic rings. The molecule has 0 saturated carbocycles. The van der Waals surface area contributed by atoms with Crippen molar-refractivity contribution in [2.75, 3.05) is 39.3 Å². The van der Waals surface area contributed by atoms with Crippen molar-refractivity contribution in [1.82, 2.24) is 15.1 Å². The molecule has 0 bridgehead atoms. The first-order valence-corrected chi connectivity index (χ1v) is 9.70. The third kappa shape index (κ3) is 6.99. The van der Waals surface area contributed by atoms with Crippen LogP contribution in [0.15, 0.2) is 18.2 Å². The number of amides is 3. The average Bonchev–Trinajstić information content (AvgIpc) is 2.92. The first-order valence-electron chi connectivity index (χ1n) is 9.70. The highest BCUT2D eigenvalue weighted by molar-refractivity contribution is 5.94. The Kier molecular flexibility index (Phi) is 8.35. The molecule has 2 rings (SSSR count). The molecule has 1 heterocycles. The predicted molar refractivity (Wildman–Crippen MR) is 102 cm³/mol. The van der Waals surface area contributed by atoms with E-state index in [1.807, 2.05) is 13.8 Å². The van der Waals surface area contributed by atoms with Gasteiger partial charge in [0.2, 0.25) is 5.91 Å². The van der Waals surface area contributed by atoms with E-state index in [-0.39, 0.29) is 36.4 Å². The van der Waals surface area contributed by atoms with Gasteiger partial charge >= 0.3 is 6.09 Å². The summed E-state index contributed by atoms with van der Waals surface area (Å²) in [7, 11) is 0. The molecule has 3 amide bonds. The van der Waals surface area contributed by atoms with Crippen LogP contribution in [0.25, 0.3) is 0 Å². The van der Waals surface area contributed by atoms with Crippen LogP contribution in [-0.2, 0) is 9.53 Å². The number of nitrogens with zero attached hydrogens (tertiary/aromatic N) is 2. The molecule has 9 heteroatoms. The number of benzene rings is 1. The van der Waals surface area contributed by atoms with Crippen LogP contribution in [0.4, 0.5) is 13.6 Å². The van der Waals surface area contributed by atoms with Gasteiger partial charge in [-0.15, -0.1) is 0 Å². The Balaban J connectivity index is 1.76. The summed E-state index contributed by atoms with van der Waals surface area (Å²) in [4.78, 5) is 39.6.